The van der Waals surface area contributed by atoms with Crippen LogP contribution in [0.2, 0.25) is 0 Å². The molecule has 3 aromatic carbocycles. The van der Waals surface area contributed by atoms with Gasteiger partial charge in [-0.25, -0.2) is 0 Å². The van der Waals surface area contributed by atoms with E-state index in [2.05, 4.69) is 10.6 Å². The van der Waals surface area contributed by atoms with E-state index in [1.807, 2.05) is 0 Å². The highest BCUT2D eigenvalue weighted by atomic mass is 32.2. The van der Waals surface area contributed by atoms with Crippen LogP contribution in [0.5, 0.6) is 0 Å². The van der Waals surface area contributed by atoms with Gasteiger partial charge in [0, 0.05) is 16.2 Å². The van der Waals surface area contributed by atoms with E-state index in [1.165, 1.54) is 0 Å². The third kappa shape index (κ3) is 7.33. The zero-order valence-corrected chi connectivity index (χ0v) is 19.7. The second kappa shape index (κ2) is 12.6. The second-order valence-corrected chi connectivity index (χ2v) is 9.36. The molecule has 0 spiro atoms. The van der Waals surface area contributed by atoms with E-state index in [1.54, 1.807) is 91.0 Å². The predicted molar refractivity (Wildman–Crippen MR) is 133 cm³/mol. The molecule has 8 nitrogen and oxygen atoms in total. The first-order valence-electron chi connectivity index (χ1n) is 11.0. The third-order valence-electron chi connectivity index (χ3n) is 5.32. The van der Waals surface area contributed by atoms with Crippen LogP contribution < -0.4 is 16.4 Å². The minimum atomic E-state index is -1.72. The Bertz CT molecular complexity index is 1160. The van der Waals surface area contributed by atoms with Crippen molar-refractivity contribution < 1.29 is 23.7 Å². The number of rotatable bonds is 11. The highest BCUT2D eigenvalue weighted by molar-refractivity contribution is 7.85. The molecule has 0 unspecified atom stereocenters. The van der Waals surface area contributed by atoms with Crippen LogP contribution in [-0.2, 0) is 20.4 Å². The summed E-state index contributed by atoms with van der Waals surface area (Å²) in [5.41, 5.74) is 6.31. The van der Waals surface area contributed by atoms with Crippen molar-refractivity contribution in [2.45, 2.75) is 29.5 Å². The molecule has 0 bridgehead atoms. The molecule has 0 fully saturated rings. The Morgan fingerprint density at radius 3 is 1.94 bits per heavy atom. The fraction of sp³-hybridized carbons (Fsp3) is 0.192. The van der Waals surface area contributed by atoms with Crippen LogP contribution >= 0.6 is 0 Å². The fourth-order valence-corrected chi connectivity index (χ4v) is 4.57. The number of amides is 3. The molecule has 0 radical (unpaired) electrons. The molecule has 182 valence electrons. The average molecular weight is 494 g/mol. The summed E-state index contributed by atoms with van der Waals surface area (Å²) in [5, 5.41) is 16.0. The van der Waals surface area contributed by atoms with Crippen LogP contribution in [0, 0.1) is 0 Å². The van der Waals surface area contributed by atoms with Gasteiger partial charge in [0.05, 0.1) is 16.8 Å². The van der Waals surface area contributed by atoms with Gasteiger partial charge in [-0.2, -0.15) is 0 Å². The molecule has 3 rings (SSSR count). The molecular weight excluding hydrogens is 466 g/mol. The van der Waals surface area contributed by atoms with Gasteiger partial charge in [0.1, 0.15) is 6.04 Å². The molecule has 0 aliphatic heterocycles. The van der Waals surface area contributed by atoms with Crippen LogP contribution in [0.1, 0.15) is 28.4 Å². The molecule has 5 N–H and O–H groups in total. The third-order valence-corrected chi connectivity index (χ3v) is 6.73. The first-order chi connectivity index (χ1) is 16.9. The zero-order chi connectivity index (χ0) is 25.2. The molecule has 4 atom stereocenters. The first-order valence-corrected chi connectivity index (χ1v) is 12.3. The number of aliphatic hydroxyl groups excluding tert-OH is 1. The van der Waals surface area contributed by atoms with Crippen LogP contribution in [0.25, 0.3) is 0 Å². The highest BCUT2D eigenvalue weighted by Crippen LogP contribution is 2.19. The average Bonchev–Trinajstić information content (AvgIpc) is 2.90. The van der Waals surface area contributed by atoms with Crippen LogP contribution in [-0.4, -0.2) is 44.9 Å². The standard InChI is InChI=1S/C26H27N3O5S/c27-24(31)21(16-17-35(34)20-14-8-3-9-15-20)28-26(33)23(30)22(18-10-4-1-5-11-18)29-25(32)19-12-6-2-7-13-19/h1-15,21-23,30H,16-17H2,(H2,27,31)(H,28,33)(H,29,32)/t21-,22+,23-,35-/m1/s1. The lowest BCUT2D eigenvalue weighted by Crippen LogP contribution is -2.52. The number of carbonyl (C=O) groups excluding carboxylic acids is 3. The Kier molecular flexibility index (Phi) is 9.28. The molecule has 3 aromatic rings. The van der Waals surface area contributed by atoms with E-state index >= 15 is 0 Å². The van der Waals surface area contributed by atoms with Gasteiger partial charge in [-0.1, -0.05) is 66.7 Å². The quantitative estimate of drug-likeness (QED) is 0.322. The zero-order valence-electron chi connectivity index (χ0n) is 18.9. The maximum atomic E-state index is 12.9. The number of benzene rings is 3. The van der Waals surface area contributed by atoms with Crippen molar-refractivity contribution in [3.8, 4) is 0 Å². The van der Waals surface area contributed by atoms with Crippen molar-refractivity contribution in [2.24, 2.45) is 5.73 Å². The van der Waals surface area contributed by atoms with Crippen molar-refractivity contribution in [1.29, 1.82) is 0 Å². The molecule has 9 heteroatoms. The second-order valence-electron chi connectivity index (χ2n) is 7.79. The Balaban J connectivity index is 1.71. The lowest BCUT2D eigenvalue weighted by molar-refractivity contribution is -0.134. The number of primary amides is 1. The number of carbonyl (C=O) groups is 3. The smallest absolute Gasteiger partial charge is 0.252 e. The monoisotopic (exact) mass is 493 g/mol. The summed E-state index contributed by atoms with van der Waals surface area (Å²) in [5.74, 6) is -2.10. The largest absolute Gasteiger partial charge is 0.381 e. The topological polar surface area (TPSA) is 139 Å². The lowest BCUT2D eigenvalue weighted by Gasteiger charge is -2.25. The summed E-state index contributed by atoms with van der Waals surface area (Å²) in [4.78, 5) is 38.2. The Morgan fingerprint density at radius 1 is 0.829 bits per heavy atom. The summed E-state index contributed by atoms with van der Waals surface area (Å²) in [6.45, 7) is 0. The highest BCUT2D eigenvalue weighted by Gasteiger charge is 2.31. The van der Waals surface area contributed by atoms with E-state index in [-0.39, 0.29) is 12.2 Å². The fourth-order valence-electron chi connectivity index (χ4n) is 3.43. The molecule has 0 saturated carbocycles. The van der Waals surface area contributed by atoms with Crippen molar-refractivity contribution in [1.82, 2.24) is 10.6 Å². The minimum Gasteiger partial charge on any atom is -0.381 e. The molecule has 0 aliphatic rings. The van der Waals surface area contributed by atoms with Gasteiger partial charge in [0.2, 0.25) is 5.91 Å². The Labute approximate surface area is 206 Å². The first kappa shape index (κ1) is 25.8. The van der Waals surface area contributed by atoms with Crippen molar-refractivity contribution in [2.75, 3.05) is 5.75 Å². The van der Waals surface area contributed by atoms with Gasteiger partial charge in [-0.15, -0.1) is 0 Å². The van der Waals surface area contributed by atoms with E-state index < -0.39 is 46.7 Å². The summed E-state index contributed by atoms with van der Waals surface area (Å²) in [7, 11) is -1.39. The van der Waals surface area contributed by atoms with E-state index in [0.29, 0.717) is 16.0 Å². The van der Waals surface area contributed by atoms with Gasteiger partial charge in [0.25, 0.3) is 11.8 Å². The van der Waals surface area contributed by atoms with Gasteiger partial charge < -0.3 is 21.5 Å². The minimum absolute atomic E-state index is 0.0156. The summed E-state index contributed by atoms with van der Waals surface area (Å²) in [6, 6.07) is 23.4. The van der Waals surface area contributed by atoms with Gasteiger partial charge in [-0.3, -0.25) is 18.6 Å². The van der Waals surface area contributed by atoms with Crippen molar-refractivity contribution >= 4 is 28.5 Å². The van der Waals surface area contributed by atoms with Crippen LogP contribution in [0.3, 0.4) is 0 Å². The van der Waals surface area contributed by atoms with Crippen molar-refractivity contribution in [3.63, 3.8) is 0 Å². The van der Waals surface area contributed by atoms with Gasteiger partial charge in [-0.05, 0) is 36.2 Å². The van der Waals surface area contributed by atoms with Crippen molar-refractivity contribution in [3.05, 3.63) is 102 Å². The number of nitrogens with one attached hydrogen (secondary N) is 2. The van der Waals surface area contributed by atoms with E-state index in [0.717, 1.165) is 0 Å². The molecule has 0 heterocycles. The molecule has 3 amide bonds. The molecule has 0 saturated heterocycles. The SMILES string of the molecule is NC(=O)[C@@H](CC[S@@](=O)c1ccccc1)NC(=O)[C@H](O)[C@@H](NC(=O)c1ccccc1)c1ccccc1. The Hall–Kier alpha value is -3.82. The molecular formula is C26H27N3O5S. The normalized spacial score (nSPS) is 14.2. The molecule has 0 aromatic heterocycles. The Morgan fingerprint density at radius 2 is 1.37 bits per heavy atom. The maximum Gasteiger partial charge on any atom is 0.252 e. The number of aliphatic hydroxyl groups is 1. The van der Waals surface area contributed by atoms with Crippen LogP contribution in [0.15, 0.2) is 95.9 Å². The predicted octanol–water partition coefficient (Wildman–Crippen LogP) is 1.69. The summed E-state index contributed by atoms with van der Waals surface area (Å²) >= 11 is 0. The number of nitrogens with two attached hydrogens (primary N) is 1. The van der Waals surface area contributed by atoms with Gasteiger partial charge >= 0.3 is 0 Å². The molecule has 0 aliphatic carbocycles. The maximum absolute atomic E-state index is 12.9. The molecule has 35 heavy (non-hydrogen) atoms. The lowest BCUT2D eigenvalue weighted by atomic mass is 9.99. The van der Waals surface area contributed by atoms with Crippen LogP contribution in [0.4, 0.5) is 0 Å². The van der Waals surface area contributed by atoms with Gasteiger partial charge in [0.15, 0.2) is 6.10 Å². The number of hydrogen-bond acceptors (Lipinski definition) is 5. The summed E-state index contributed by atoms with van der Waals surface area (Å²) in [6.07, 6.45) is -1.70. The number of hydrogen-bond donors (Lipinski definition) is 4. The van der Waals surface area contributed by atoms with E-state index in [4.69, 9.17) is 5.73 Å². The van der Waals surface area contributed by atoms with E-state index in [9.17, 15) is 23.7 Å². The summed E-state index contributed by atoms with van der Waals surface area (Å²) < 4.78 is 12.5.